The van der Waals surface area contributed by atoms with Gasteiger partial charge in [-0.1, -0.05) is 36.4 Å². The molecule has 3 N–H and O–H groups in total. The van der Waals surface area contributed by atoms with E-state index in [1.54, 1.807) is 18.2 Å². The van der Waals surface area contributed by atoms with Crippen LogP contribution in [0, 0.1) is 23.7 Å². The predicted octanol–water partition coefficient (Wildman–Crippen LogP) is 1.95. The van der Waals surface area contributed by atoms with Crippen molar-refractivity contribution in [2.24, 2.45) is 28.8 Å². The molecule has 2 aromatic carbocycles. The fraction of sp³-hybridized carbons (Fsp3) is 0.429. The molecule has 0 aromatic heterocycles. The molecule has 0 spiro atoms. The number of hydrogen-bond acceptors (Lipinski definition) is 9. The highest BCUT2D eigenvalue weighted by Crippen LogP contribution is 2.50. The summed E-state index contributed by atoms with van der Waals surface area (Å²) in [6.07, 6.45) is -2.16. The SMILES string of the molecule is O=C(NN=C1C[C@@H](O)[C@@H](O)[C@@H]2[C@@H]3C(=O)N(Cc4ccc5c(c4)OCO5)C(=O)[C@@H]3CC[C@@H]12)OCc1ccccc1. The lowest BCUT2D eigenvalue weighted by molar-refractivity contribution is -0.142. The number of amides is 3. The summed E-state index contributed by atoms with van der Waals surface area (Å²) in [5, 5.41) is 25.9. The first-order valence-electron chi connectivity index (χ1n) is 13.0. The summed E-state index contributed by atoms with van der Waals surface area (Å²) in [6, 6.07) is 14.5. The maximum Gasteiger partial charge on any atom is 0.428 e. The van der Waals surface area contributed by atoms with Gasteiger partial charge in [-0.3, -0.25) is 14.5 Å². The second kappa shape index (κ2) is 10.3. The lowest BCUT2D eigenvalue weighted by Crippen LogP contribution is -2.55. The highest BCUT2D eigenvalue weighted by molar-refractivity contribution is 6.06. The number of aliphatic hydroxyl groups excluding tert-OH is 2. The van der Waals surface area contributed by atoms with Crippen molar-refractivity contribution in [2.45, 2.75) is 44.6 Å². The molecule has 2 heterocycles. The van der Waals surface area contributed by atoms with Crippen molar-refractivity contribution in [1.29, 1.82) is 0 Å². The van der Waals surface area contributed by atoms with Crippen molar-refractivity contribution in [1.82, 2.24) is 10.3 Å². The molecule has 6 rings (SSSR count). The minimum atomic E-state index is -1.20. The van der Waals surface area contributed by atoms with Crippen LogP contribution < -0.4 is 14.9 Å². The van der Waals surface area contributed by atoms with E-state index in [-0.39, 0.29) is 44.1 Å². The summed E-state index contributed by atoms with van der Waals surface area (Å²) in [6.45, 7) is 0.273. The Bertz CT molecular complexity index is 1320. The first-order chi connectivity index (χ1) is 18.9. The minimum absolute atomic E-state index is 0.0434. The van der Waals surface area contributed by atoms with Crippen LogP contribution in [0.5, 0.6) is 11.5 Å². The number of benzene rings is 2. The second-order valence-electron chi connectivity index (χ2n) is 10.4. The van der Waals surface area contributed by atoms with Gasteiger partial charge in [0.2, 0.25) is 18.6 Å². The van der Waals surface area contributed by atoms with Crippen molar-refractivity contribution in [3.05, 3.63) is 59.7 Å². The van der Waals surface area contributed by atoms with E-state index in [0.717, 1.165) is 11.1 Å². The third-order valence-electron chi connectivity index (χ3n) is 8.15. The van der Waals surface area contributed by atoms with E-state index in [1.807, 2.05) is 30.3 Å². The molecule has 3 fully saturated rings. The topological polar surface area (TPSA) is 147 Å². The number of fused-ring (bicyclic) bond motifs is 4. The molecule has 2 aliphatic heterocycles. The van der Waals surface area contributed by atoms with E-state index in [0.29, 0.717) is 30.1 Å². The van der Waals surface area contributed by atoms with E-state index >= 15 is 0 Å². The Morgan fingerprint density at radius 1 is 1.00 bits per heavy atom. The van der Waals surface area contributed by atoms with Crippen LogP contribution in [-0.2, 0) is 27.5 Å². The van der Waals surface area contributed by atoms with E-state index < -0.39 is 36.1 Å². The Morgan fingerprint density at radius 2 is 1.77 bits per heavy atom. The Kier molecular flexibility index (Phi) is 6.69. The molecule has 6 atom stereocenters. The highest BCUT2D eigenvalue weighted by atomic mass is 16.7. The number of nitrogens with zero attached hydrogens (tertiary/aromatic N) is 2. The van der Waals surface area contributed by atoms with E-state index in [2.05, 4.69) is 10.5 Å². The number of hydrogen-bond donors (Lipinski definition) is 3. The Balaban J connectivity index is 1.17. The standard InChI is InChI=1S/C28H29N3O8/c32-20-11-19(29-30-28(36)37-13-15-4-2-1-3-5-15)17-7-8-18-24(23(17)25(20)33)27(35)31(26(18)34)12-16-6-9-21-22(10-16)39-14-38-21/h1-6,9-10,17-18,20,23-25,32-33H,7-8,11-14H2,(H,30,36)/t17-,18+,20+,23-,24+,25+/m0/s1. The molecule has 4 aliphatic rings. The smallest absolute Gasteiger partial charge is 0.428 e. The summed E-state index contributed by atoms with van der Waals surface area (Å²) >= 11 is 0. The van der Waals surface area contributed by atoms with Crippen LogP contribution in [0.4, 0.5) is 4.79 Å². The molecule has 1 saturated heterocycles. The zero-order valence-corrected chi connectivity index (χ0v) is 21.1. The largest absolute Gasteiger partial charge is 0.454 e. The van der Waals surface area contributed by atoms with Gasteiger partial charge in [0, 0.05) is 24.0 Å². The molecule has 0 unspecified atom stereocenters. The number of rotatable bonds is 5. The summed E-state index contributed by atoms with van der Waals surface area (Å²) in [5.41, 5.74) is 4.40. The van der Waals surface area contributed by atoms with Gasteiger partial charge in [0.25, 0.3) is 0 Å². The highest BCUT2D eigenvalue weighted by Gasteiger charge is 2.59. The Hall–Kier alpha value is -3.96. The van der Waals surface area contributed by atoms with Gasteiger partial charge in [-0.15, -0.1) is 0 Å². The second-order valence-corrected chi connectivity index (χ2v) is 10.4. The third kappa shape index (κ3) is 4.72. The van der Waals surface area contributed by atoms with Gasteiger partial charge in [-0.2, -0.15) is 5.10 Å². The summed E-state index contributed by atoms with van der Waals surface area (Å²) < 4.78 is 16.0. The molecule has 204 valence electrons. The maximum absolute atomic E-state index is 13.6. The quantitative estimate of drug-likeness (QED) is 0.389. The third-order valence-corrected chi connectivity index (χ3v) is 8.15. The average Bonchev–Trinajstić information content (AvgIpc) is 3.51. The lowest BCUT2D eigenvalue weighted by Gasteiger charge is -2.45. The number of likely N-dealkylation sites (tertiary alicyclic amines) is 1. The number of nitrogens with one attached hydrogen (secondary N) is 1. The zero-order chi connectivity index (χ0) is 27.1. The molecular formula is C28H29N3O8. The van der Waals surface area contributed by atoms with Gasteiger partial charge in [-0.05, 0) is 36.1 Å². The molecule has 2 aromatic rings. The predicted molar refractivity (Wildman–Crippen MR) is 135 cm³/mol. The molecule has 2 saturated carbocycles. The van der Waals surface area contributed by atoms with Gasteiger partial charge in [0.05, 0.1) is 30.6 Å². The molecule has 0 radical (unpaired) electrons. The van der Waals surface area contributed by atoms with Crippen molar-refractivity contribution in [3.8, 4) is 11.5 Å². The number of aliphatic hydroxyl groups is 2. The van der Waals surface area contributed by atoms with Gasteiger partial charge in [0.1, 0.15) is 6.61 Å². The van der Waals surface area contributed by atoms with Crippen LogP contribution in [-0.4, -0.2) is 57.7 Å². The van der Waals surface area contributed by atoms with Crippen molar-refractivity contribution in [3.63, 3.8) is 0 Å². The summed E-state index contributed by atoms with van der Waals surface area (Å²) in [4.78, 5) is 40.4. The Morgan fingerprint density at radius 3 is 2.59 bits per heavy atom. The summed E-state index contributed by atoms with van der Waals surface area (Å²) in [5.74, 6) is -1.94. The van der Waals surface area contributed by atoms with E-state index in [1.165, 1.54) is 4.90 Å². The summed E-state index contributed by atoms with van der Waals surface area (Å²) in [7, 11) is 0. The Labute approximate surface area is 224 Å². The van der Waals surface area contributed by atoms with Gasteiger partial charge < -0.3 is 24.4 Å². The molecule has 11 nitrogen and oxygen atoms in total. The number of hydrazone groups is 1. The minimum Gasteiger partial charge on any atom is -0.454 e. The van der Waals surface area contributed by atoms with Gasteiger partial charge in [0.15, 0.2) is 11.5 Å². The maximum atomic E-state index is 13.6. The average molecular weight is 536 g/mol. The van der Waals surface area contributed by atoms with Crippen LogP contribution in [0.1, 0.15) is 30.4 Å². The van der Waals surface area contributed by atoms with Crippen molar-refractivity contribution < 1.29 is 38.8 Å². The lowest BCUT2D eigenvalue weighted by atomic mass is 9.60. The number of ether oxygens (including phenoxy) is 3. The van der Waals surface area contributed by atoms with Crippen LogP contribution in [0.15, 0.2) is 53.6 Å². The molecule has 3 amide bonds. The first kappa shape index (κ1) is 25.3. The number of carbonyl (C=O) groups excluding carboxylic acids is 3. The van der Waals surface area contributed by atoms with Crippen LogP contribution in [0.2, 0.25) is 0 Å². The first-order valence-corrected chi connectivity index (χ1v) is 13.0. The van der Waals surface area contributed by atoms with Crippen molar-refractivity contribution in [2.75, 3.05) is 6.79 Å². The molecule has 2 aliphatic carbocycles. The molecule has 11 heteroatoms. The van der Waals surface area contributed by atoms with Crippen LogP contribution >= 0.6 is 0 Å². The zero-order valence-electron chi connectivity index (χ0n) is 21.1. The number of carbonyl (C=O) groups is 3. The van der Waals surface area contributed by atoms with Crippen LogP contribution in [0.25, 0.3) is 0 Å². The normalized spacial score (nSPS) is 30.2. The molecule has 0 bridgehead atoms. The molecule has 39 heavy (non-hydrogen) atoms. The fourth-order valence-corrected chi connectivity index (χ4v) is 6.31. The van der Waals surface area contributed by atoms with E-state index in [9.17, 15) is 24.6 Å². The molecular weight excluding hydrogens is 506 g/mol. The van der Waals surface area contributed by atoms with Crippen molar-refractivity contribution >= 4 is 23.6 Å². The van der Waals surface area contributed by atoms with Crippen LogP contribution in [0.3, 0.4) is 0 Å². The number of imide groups is 1. The van der Waals surface area contributed by atoms with Gasteiger partial charge in [-0.25, -0.2) is 10.2 Å². The fourth-order valence-electron chi connectivity index (χ4n) is 6.31. The van der Waals surface area contributed by atoms with E-state index in [4.69, 9.17) is 14.2 Å². The van der Waals surface area contributed by atoms with Gasteiger partial charge >= 0.3 is 6.09 Å². The monoisotopic (exact) mass is 535 g/mol.